The van der Waals surface area contributed by atoms with E-state index >= 15 is 0 Å². The summed E-state index contributed by atoms with van der Waals surface area (Å²) in [5.41, 5.74) is 1.79. The highest BCUT2D eigenvalue weighted by molar-refractivity contribution is 7.09. The van der Waals surface area contributed by atoms with Gasteiger partial charge in [0, 0.05) is 11.0 Å². The van der Waals surface area contributed by atoms with Crippen LogP contribution in [0.25, 0.3) is 6.08 Å². The van der Waals surface area contributed by atoms with Crippen LogP contribution in [0.1, 0.15) is 21.9 Å². The molecule has 0 aliphatic rings. The molecule has 0 saturated carbocycles. The first kappa shape index (κ1) is 18.9. The van der Waals surface area contributed by atoms with Gasteiger partial charge in [-0.25, -0.2) is 4.68 Å². The molecule has 0 atom stereocenters. The van der Waals surface area contributed by atoms with Crippen molar-refractivity contribution in [3.8, 4) is 0 Å². The second-order valence-corrected chi connectivity index (χ2v) is 7.55. The van der Waals surface area contributed by atoms with Gasteiger partial charge in [-0.2, -0.15) is 0 Å². The Morgan fingerprint density at radius 1 is 1.10 bits per heavy atom. The number of amides is 1. The summed E-state index contributed by atoms with van der Waals surface area (Å²) >= 11 is 1.63. The van der Waals surface area contributed by atoms with Crippen LogP contribution in [0.15, 0.2) is 82.9 Å². The lowest BCUT2D eigenvalue weighted by Crippen LogP contribution is -2.27. The zero-order chi connectivity index (χ0) is 19.9. The Morgan fingerprint density at radius 3 is 2.76 bits per heavy atom. The zero-order valence-corrected chi connectivity index (χ0v) is 16.5. The number of aromatic nitrogens is 3. The minimum absolute atomic E-state index is 0.104. The quantitative estimate of drug-likeness (QED) is 0.413. The predicted molar refractivity (Wildman–Crippen MR) is 112 cm³/mol. The lowest BCUT2D eigenvalue weighted by molar-refractivity contribution is -0.127. The van der Waals surface area contributed by atoms with Gasteiger partial charge in [0.2, 0.25) is 5.91 Å². The molecule has 0 spiro atoms. The summed E-state index contributed by atoms with van der Waals surface area (Å²) < 4.78 is 7.17. The molecular weight excluding hydrogens is 384 g/mol. The number of carbonyl (C=O) groups excluding carboxylic acids is 1. The number of furan rings is 1. The van der Waals surface area contributed by atoms with Crippen molar-refractivity contribution < 1.29 is 9.21 Å². The molecule has 0 aliphatic heterocycles. The molecule has 29 heavy (non-hydrogen) atoms. The normalized spacial score (nSPS) is 11.2. The van der Waals surface area contributed by atoms with Gasteiger partial charge in [-0.05, 0) is 35.2 Å². The van der Waals surface area contributed by atoms with Crippen LogP contribution in [0, 0.1) is 0 Å². The van der Waals surface area contributed by atoms with Crippen LogP contribution in [0.5, 0.6) is 0 Å². The van der Waals surface area contributed by atoms with Crippen molar-refractivity contribution in [2.24, 2.45) is 0 Å². The van der Waals surface area contributed by atoms with Gasteiger partial charge in [-0.3, -0.25) is 4.79 Å². The summed E-state index contributed by atoms with van der Waals surface area (Å²) in [6.07, 6.45) is 6.67. The van der Waals surface area contributed by atoms with E-state index in [9.17, 15) is 4.79 Å². The molecule has 4 rings (SSSR count). The SMILES string of the molecule is O=C(/C=C/c1cn(Cc2ccccc2)nn1)N(Cc1ccco1)Cc1cccs1. The van der Waals surface area contributed by atoms with E-state index in [1.165, 1.54) is 6.08 Å². The maximum Gasteiger partial charge on any atom is 0.247 e. The minimum atomic E-state index is -0.104. The molecule has 0 fully saturated rings. The summed E-state index contributed by atoms with van der Waals surface area (Å²) in [6.45, 7) is 1.58. The van der Waals surface area contributed by atoms with Crippen molar-refractivity contribution >= 4 is 23.3 Å². The fourth-order valence-electron chi connectivity index (χ4n) is 2.89. The highest BCUT2D eigenvalue weighted by atomic mass is 32.1. The molecule has 0 bridgehead atoms. The Morgan fingerprint density at radius 2 is 2.00 bits per heavy atom. The van der Waals surface area contributed by atoms with Crippen molar-refractivity contribution in [2.45, 2.75) is 19.6 Å². The van der Waals surface area contributed by atoms with Crippen molar-refractivity contribution in [3.63, 3.8) is 0 Å². The van der Waals surface area contributed by atoms with Crippen molar-refractivity contribution in [1.82, 2.24) is 19.9 Å². The highest BCUT2D eigenvalue weighted by Gasteiger charge is 2.14. The van der Waals surface area contributed by atoms with Crippen molar-refractivity contribution in [3.05, 3.63) is 100 Å². The third-order valence-corrected chi connectivity index (χ3v) is 5.17. The Kier molecular flexibility index (Phi) is 5.97. The monoisotopic (exact) mass is 404 g/mol. The van der Waals surface area contributed by atoms with Crippen LogP contribution >= 0.6 is 11.3 Å². The van der Waals surface area contributed by atoms with E-state index in [-0.39, 0.29) is 5.91 Å². The van der Waals surface area contributed by atoms with Gasteiger partial charge in [-0.15, -0.1) is 16.4 Å². The second kappa shape index (κ2) is 9.16. The largest absolute Gasteiger partial charge is 0.467 e. The molecule has 1 amide bonds. The molecule has 0 unspecified atom stereocenters. The summed E-state index contributed by atoms with van der Waals surface area (Å²) in [5.74, 6) is 0.643. The molecule has 0 aliphatic carbocycles. The first-order valence-corrected chi connectivity index (χ1v) is 10.1. The molecule has 6 nitrogen and oxygen atoms in total. The lowest BCUT2D eigenvalue weighted by Gasteiger charge is -2.19. The molecule has 146 valence electrons. The van der Waals surface area contributed by atoms with Crippen LogP contribution in [-0.4, -0.2) is 25.8 Å². The molecule has 4 aromatic rings. The fraction of sp³-hybridized carbons (Fsp3) is 0.136. The van der Waals surface area contributed by atoms with Crippen molar-refractivity contribution in [2.75, 3.05) is 0 Å². The van der Waals surface area contributed by atoms with Crippen LogP contribution in [-0.2, 0) is 24.4 Å². The van der Waals surface area contributed by atoms with Crippen LogP contribution in [0.2, 0.25) is 0 Å². The molecule has 1 aromatic carbocycles. The first-order valence-electron chi connectivity index (χ1n) is 9.22. The van der Waals surface area contributed by atoms with Gasteiger partial charge >= 0.3 is 0 Å². The Balaban J connectivity index is 1.43. The second-order valence-electron chi connectivity index (χ2n) is 6.51. The molecule has 7 heteroatoms. The van der Waals surface area contributed by atoms with E-state index in [1.54, 1.807) is 33.3 Å². The average molecular weight is 404 g/mol. The van der Waals surface area contributed by atoms with E-state index in [0.29, 0.717) is 25.3 Å². The Hall–Kier alpha value is -3.45. The number of hydrogen-bond donors (Lipinski definition) is 0. The molecule has 0 radical (unpaired) electrons. The maximum absolute atomic E-state index is 12.8. The van der Waals surface area contributed by atoms with E-state index < -0.39 is 0 Å². The number of benzene rings is 1. The number of rotatable bonds is 8. The maximum atomic E-state index is 12.8. The molecular formula is C22H20N4O2S. The summed E-state index contributed by atoms with van der Waals surface area (Å²) in [7, 11) is 0. The van der Waals surface area contributed by atoms with Gasteiger partial charge in [-0.1, -0.05) is 41.6 Å². The predicted octanol–water partition coefficient (Wildman–Crippen LogP) is 4.22. The Bertz CT molecular complexity index is 1020. The number of thiophene rings is 1. The number of hydrogen-bond acceptors (Lipinski definition) is 5. The minimum Gasteiger partial charge on any atom is -0.467 e. The van der Waals surface area contributed by atoms with Gasteiger partial charge in [0.25, 0.3) is 0 Å². The summed E-state index contributed by atoms with van der Waals surface area (Å²) in [4.78, 5) is 15.7. The first-order chi connectivity index (χ1) is 14.3. The summed E-state index contributed by atoms with van der Waals surface area (Å²) in [5, 5.41) is 10.3. The lowest BCUT2D eigenvalue weighted by atomic mass is 10.2. The Labute approximate surface area is 172 Å². The van der Waals surface area contributed by atoms with Crippen LogP contribution in [0.3, 0.4) is 0 Å². The topological polar surface area (TPSA) is 64.2 Å². The van der Waals surface area contributed by atoms with E-state index in [1.807, 2.05) is 66.2 Å². The number of nitrogens with zero attached hydrogens (tertiary/aromatic N) is 4. The van der Waals surface area contributed by atoms with Gasteiger partial charge < -0.3 is 9.32 Å². The van der Waals surface area contributed by atoms with Crippen LogP contribution in [0.4, 0.5) is 0 Å². The van der Waals surface area contributed by atoms with Gasteiger partial charge in [0.05, 0.1) is 32.1 Å². The highest BCUT2D eigenvalue weighted by Crippen LogP contribution is 2.15. The molecule has 3 aromatic heterocycles. The van der Waals surface area contributed by atoms with Crippen molar-refractivity contribution in [1.29, 1.82) is 0 Å². The third-order valence-electron chi connectivity index (χ3n) is 4.31. The van der Waals surface area contributed by atoms with E-state index in [4.69, 9.17) is 4.42 Å². The summed E-state index contributed by atoms with van der Waals surface area (Å²) in [6, 6.07) is 17.7. The zero-order valence-electron chi connectivity index (χ0n) is 15.7. The molecule has 0 saturated heterocycles. The third kappa shape index (κ3) is 5.30. The van der Waals surface area contributed by atoms with E-state index in [0.717, 1.165) is 16.2 Å². The smallest absolute Gasteiger partial charge is 0.247 e. The van der Waals surface area contributed by atoms with Gasteiger partial charge in [0.15, 0.2) is 0 Å². The standard InChI is InChI=1S/C22H20N4O2S/c27-22(25(16-20-8-4-12-28-20)17-21-9-5-13-29-21)11-10-19-15-26(24-23-19)14-18-6-2-1-3-7-18/h1-13,15H,14,16-17H2/b11-10+. The fourth-order valence-corrected chi connectivity index (χ4v) is 3.61. The van der Waals surface area contributed by atoms with Crippen LogP contribution < -0.4 is 0 Å². The number of carbonyl (C=O) groups is 1. The molecule has 0 N–H and O–H groups in total. The molecule has 3 heterocycles. The van der Waals surface area contributed by atoms with Gasteiger partial charge in [0.1, 0.15) is 11.5 Å². The average Bonchev–Trinajstić information content (AvgIpc) is 3.50. The van der Waals surface area contributed by atoms with E-state index in [2.05, 4.69) is 10.3 Å².